The minimum absolute atomic E-state index is 0.203. The highest BCUT2D eigenvalue weighted by Crippen LogP contribution is 2.38. The lowest BCUT2D eigenvalue weighted by atomic mass is 9.54. The van der Waals surface area contributed by atoms with Crippen molar-refractivity contribution in [3.8, 4) is 0 Å². The van der Waals surface area contributed by atoms with Gasteiger partial charge in [-0.2, -0.15) is 0 Å². The Morgan fingerprint density at radius 1 is 0.271 bits per heavy atom. The fourth-order valence-corrected chi connectivity index (χ4v) is 7.09. The quantitative estimate of drug-likeness (QED) is 0.150. The number of para-hydroxylation sites is 6. The molecule has 0 atom stereocenters. The van der Waals surface area contributed by atoms with Crippen LogP contribution in [-0.2, 0) is 0 Å². The van der Waals surface area contributed by atoms with Gasteiger partial charge in [-0.1, -0.05) is 109 Å². The van der Waals surface area contributed by atoms with Crippen LogP contribution in [0.2, 0.25) is 0 Å². The van der Waals surface area contributed by atoms with E-state index in [2.05, 4.69) is 232 Å². The number of hydrogen-bond donors (Lipinski definition) is 0. The zero-order chi connectivity index (χ0) is 32.9. The summed E-state index contributed by atoms with van der Waals surface area (Å²) >= 11 is 0. The summed E-state index contributed by atoms with van der Waals surface area (Å²) < 4.78 is 7.43. The van der Waals surface area contributed by atoms with E-state index in [1.165, 1.54) is 0 Å². The van der Waals surface area contributed by atoms with E-state index < -0.39 is 0 Å². The highest BCUT2D eigenvalue weighted by molar-refractivity contribution is 6.90. The van der Waals surface area contributed by atoms with Crippen LogP contribution < -0.4 is 14.4 Å². The van der Waals surface area contributed by atoms with Gasteiger partial charge in [0.25, 0.3) is 0 Å². The Morgan fingerprint density at radius 3 is 0.562 bits per heavy atom. The van der Waals surface area contributed by atoms with E-state index in [0.717, 1.165) is 34.1 Å². The standard InChI is InChI=1S/C39H39B3N6/c1-43-40(46(34-22-10-4-11-23-34)35-24-12-5-13-25-35)44(2)42(48(38-30-18-8-19-31-38)39-32-20-9-21-33-39)45(3)41(43)47(36-26-14-6-15-27-36)37-28-16-7-17-29-37/h4-33H,1-3H3. The summed E-state index contributed by atoms with van der Waals surface area (Å²) in [7, 11) is 6.12. The molecule has 0 N–H and O–H groups in total. The zero-order valence-electron chi connectivity index (χ0n) is 27.7. The van der Waals surface area contributed by atoms with Crippen LogP contribution in [0.4, 0.5) is 34.1 Å². The molecular formula is C39H39B3N6. The lowest BCUT2D eigenvalue weighted by Crippen LogP contribution is -2.84. The lowest BCUT2D eigenvalue weighted by molar-refractivity contribution is 0.525. The third kappa shape index (κ3) is 6.11. The molecule has 1 heterocycles. The molecular weight excluding hydrogens is 585 g/mol. The molecule has 0 saturated carbocycles. The van der Waals surface area contributed by atoms with Gasteiger partial charge >= 0.3 is 21.4 Å². The molecule has 0 unspecified atom stereocenters. The zero-order valence-corrected chi connectivity index (χ0v) is 27.7. The second-order valence-corrected chi connectivity index (χ2v) is 12.2. The van der Waals surface area contributed by atoms with Crippen molar-refractivity contribution < 1.29 is 0 Å². The summed E-state index contributed by atoms with van der Waals surface area (Å²) in [6.45, 7) is 0. The Balaban J connectivity index is 1.48. The van der Waals surface area contributed by atoms with E-state index in [0.29, 0.717) is 0 Å². The van der Waals surface area contributed by atoms with Gasteiger partial charge < -0.3 is 28.6 Å². The van der Waals surface area contributed by atoms with Gasteiger partial charge in [-0.15, -0.1) is 0 Å². The van der Waals surface area contributed by atoms with Gasteiger partial charge in [0, 0.05) is 34.1 Å². The Bertz CT molecular complexity index is 1510. The number of benzene rings is 6. The molecule has 48 heavy (non-hydrogen) atoms. The molecule has 0 amide bonds. The van der Waals surface area contributed by atoms with Crippen LogP contribution in [-0.4, -0.2) is 56.7 Å². The first kappa shape index (κ1) is 31.4. The molecule has 1 aliphatic rings. The maximum Gasteiger partial charge on any atom is 0.423 e. The normalized spacial score (nSPS) is 14.2. The van der Waals surface area contributed by atoms with Crippen molar-refractivity contribution in [1.29, 1.82) is 0 Å². The van der Waals surface area contributed by atoms with Crippen LogP contribution in [0.1, 0.15) is 0 Å². The van der Waals surface area contributed by atoms with Crippen molar-refractivity contribution in [3.05, 3.63) is 182 Å². The molecule has 0 spiro atoms. The second kappa shape index (κ2) is 14.3. The van der Waals surface area contributed by atoms with Gasteiger partial charge in [0.05, 0.1) is 0 Å². The molecule has 0 radical (unpaired) electrons. The van der Waals surface area contributed by atoms with Crippen molar-refractivity contribution in [2.45, 2.75) is 0 Å². The van der Waals surface area contributed by atoms with Crippen molar-refractivity contribution in [1.82, 2.24) is 14.2 Å². The topological polar surface area (TPSA) is 19.4 Å². The maximum atomic E-state index is 2.48. The monoisotopic (exact) mass is 624 g/mol. The predicted molar refractivity (Wildman–Crippen MR) is 206 cm³/mol. The van der Waals surface area contributed by atoms with Crippen LogP contribution in [0.15, 0.2) is 182 Å². The first-order valence-electron chi connectivity index (χ1n) is 16.5. The van der Waals surface area contributed by atoms with Gasteiger partial charge in [-0.05, 0) is 93.9 Å². The fourth-order valence-electron chi connectivity index (χ4n) is 7.09. The van der Waals surface area contributed by atoms with E-state index in [4.69, 9.17) is 0 Å². The van der Waals surface area contributed by atoms with E-state index in [1.54, 1.807) is 0 Å². The summed E-state index contributed by atoms with van der Waals surface area (Å²) in [5.74, 6) is 0. The van der Waals surface area contributed by atoms with Crippen molar-refractivity contribution in [3.63, 3.8) is 0 Å². The molecule has 6 aromatic rings. The minimum atomic E-state index is -0.203. The van der Waals surface area contributed by atoms with Crippen LogP contribution in [0.25, 0.3) is 0 Å². The largest absolute Gasteiger partial charge is 0.423 e. The summed E-state index contributed by atoms with van der Waals surface area (Å²) in [6.07, 6.45) is 0. The smallest absolute Gasteiger partial charge is 0.358 e. The molecule has 7 rings (SSSR count). The molecule has 1 saturated heterocycles. The van der Waals surface area contributed by atoms with E-state index in [-0.39, 0.29) is 21.4 Å². The number of nitrogens with zero attached hydrogens (tertiary/aromatic N) is 6. The third-order valence-corrected chi connectivity index (χ3v) is 9.08. The Hall–Kier alpha value is -5.21. The van der Waals surface area contributed by atoms with E-state index in [9.17, 15) is 0 Å². The minimum Gasteiger partial charge on any atom is -0.358 e. The second-order valence-electron chi connectivity index (χ2n) is 12.2. The molecule has 6 aromatic carbocycles. The van der Waals surface area contributed by atoms with Gasteiger partial charge in [-0.3, -0.25) is 0 Å². The first-order valence-corrected chi connectivity index (χ1v) is 16.5. The molecule has 9 heteroatoms. The van der Waals surface area contributed by atoms with Gasteiger partial charge in [0.1, 0.15) is 0 Å². The van der Waals surface area contributed by atoms with Crippen molar-refractivity contribution in [2.24, 2.45) is 0 Å². The molecule has 1 fully saturated rings. The number of hydrogen-bond acceptors (Lipinski definition) is 6. The van der Waals surface area contributed by atoms with Crippen LogP contribution >= 0.6 is 0 Å². The first-order chi connectivity index (χ1) is 23.6. The fraction of sp³-hybridized carbons (Fsp3) is 0.0769. The molecule has 1 aliphatic heterocycles. The van der Waals surface area contributed by atoms with Gasteiger partial charge in [0.15, 0.2) is 0 Å². The Labute approximate surface area is 286 Å². The number of rotatable bonds is 9. The molecule has 6 nitrogen and oxygen atoms in total. The summed E-state index contributed by atoms with van der Waals surface area (Å²) in [5.41, 5.74) is 6.70. The molecule has 0 bridgehead atoms. The van der Waals surface area contributed by atoms with Crippen molar-refractivity contribution >= 4 is 55.5 Å². The highest BCUT2D eigenvalue weighted by Gasteiger charge is 2.58. The summed E-state index contributed by atoms with van der Waals surface area (Å²) in [5, 5.41) is 0. The summed E-state index contributed by atoms with van der Waals surface area (Å²) in [6, 6.07) is 64.4. The molecule has 0 aliphatic carbocycles. The third-order valence-electron chi connectivity index (χ3n) is 9.08. The van der Waals surface area contributed by atoms with E-state index >= 15 is 0 Å². The number of anilines is 6. The van der Waals surface area contributed by atoms with Crippen LogP contribution in [0, 0.1) is 0 Å². The summed E-state index contributed by atoms with van der Waals surface area (Å²) in [4.78, 5) is 7.36. The van der Waals surface area contributed by atoms with Crippen LogP contribution in [0.5, 0.6) is 0 Å². The molecule has 0 aromatic heterocycles. The van der Waals surface area contributed by atoms with Crippen LogP contribution in [0.3, 0.4) is 0 Å². The highest BCUT2D eigenvalue weighted by atomic mass is 15.5. The predicted octanol–water partition coefficient (Wildman–Crippen LogP) is 8.27. The van der Waals surface area contributed by atoms with Gasteiger partial charge in [-0.25, -0.2) is 0 Å². The average molecular weight is 624 g/mol. The van der Waals surface area contributed by atoms with Gasteiger partial charge in [0.2, 0.25) is 0 Å². The molecule has 234 valence electrons. The SMILES string of the molecule is CN1B(N(c2ccccc2)c2ccccc2)N(C)B(N(c2ccccc2)c2ccccc2)N(C)B1N(c1ccccc1)c1ccccc1. The Morgan fingerprint density at radius 2 is 0.417 bits per heavy atom. The maximum absolute atomic E-state index is 2.48. The van der Waals surface area contributed by atoms with E-state index in [1.807, 2.05) is 0 Å². The average Bonchev–Trinajstić information content (AvgIpc) is 3.15. The Kier molecular flexibility index (Phi) is 9.34. The van der Waals surface area contributed by atoms with Crippen molar-refractivity contribution in [2.75, 3.05) is 35.6 Å². The lowest BCUT2D eigenvalue weighted by Gasteiger charge is -2.56.